The van der Waals surface area contributed by atoms with Crippen molar-refractivity contribution in [2.45, 2.75) is 18.8 Å². The molecule has 5 heteroatoms. The standard InChI is InChI=1S/C15H14BrN3O/c1-19-9-8-18-15(19)13(10-17)14(20)7-4-11-2-5-12(16)6-3-11/h2-3,5-6,8-9,13H,4,7H2,1H3. The van der Waals surface area contributed by atoms with E-state index in [9.17, 15) is 10.1 Å². The molecule has 1 heterocycles. The molecule has 102 valence electrons. The van der Waals surface area contributed by atoms with E-state index in [1.807, 2.05) is 24.3 Å². The molecule has 1 aromatic heterocycles. The van der Waals surface area contributed by atoms with Crippen molar-refractivity contribution in [1.29, 1.82) is 5.26 Å². The van der Waals surface area contributed by atoms with Crippen LogP contribution >= 0.6 is 15.9 Å². The lowest BCUT2D eigenvalue weighted by Crippen LogP contribution is -2.15. The van der Waals surface area contributed by atoms with Crippen LogP contribution in [-0.4, -0.2) is 15.3 Å². The van der Waals surface area contributed by atoms with Gasteiger partial charge >= 0.3 is 0 Å². The number of hydrogen-bond acceptors (Lipinski definition) is 3. The fraction of sp³-hybridized carbons (Fsp3) is 0.267. The van der Waals surface area contributed by atoms with Gasteiger partial charge in [-0.25, -0.2) is 4.98 Å². The van der Waals surface area contributed by atoms with Gasteiger partial charge in [-0.1, -0.05) is 28.1 Å². The highest BCUT2D eigenvalue weighted by Gasteiger charge is 2.23. The smallest absolute Gasteiger partial charge is 0.162 e. The number of nitrogens with zero attached hydrogens (tertiary/aromatic N) is 3. The third-order valence-electron chi connectivity index (χ3n) is 3.14. The number of hydrogen-bond donors (Lipinski definition) is 0. The summed E-state index contributed by atoms with van der Waals surface area (Å²) < 4.78 is 2.72. The Balaban J connectivity index is 2.02. The lowest BCUT2D eigenvalue weighted by molar-refractivity contribution is -0.119. The number of carbonyl (C=O) groups is 1. The second kappa shape index (κ2) is 6.49. The van der Waals surface area contributed by atoms with Crippen LogP contribution in [0.25, 0.3) is 0 Å². The van der Waals surface area contributed by atoms with E-state index in [0.29, 0.717) is 18.7 Å². The van der Waals surface area contributed by atoms with E-state index >= 15 is 0 Å². The van der Waals surface area contributed by atoms with Crippen molar-refractivity contribution in [2.75, 3.05) is 0 Å². The first kappa shape index (κ1) is 14.5. The zero-order valence-corrected chi connectivity index (χ0v) is 12.7. The lowest BCUT2D eigenvalue weighted by atomic mass is 9.98. The van der Waals surface area contributed by atoms with Crippen LogP contribution in [0.5, 0.6) is 0 Å². The molecule has 0 bridgehead atoms. The van der Waals surface area contributed by atoms with E-state index in [0.717, 1.165) is 10.0 Å². The van der Waals surface area contributed by atoms with Gasteiger partial charge in [0.2, 0.25) is 0 Å². The Kier molecular flexibility index (Phi) is 4.70. The number of aryl methyl sites for hydroxylation is 2. The second-order valence-corrected chi connectivity index (χ2v) is 5.47. The number of benzene rings is 1. The van der Waals surface area contributed by atoms with Gasteiger partial charge in [0.1, 0.15) is 5.82 Å². The van der Waals surface area contributed by atoms with E-state index in [1.165, 1.54) is 0 Å². The second-order valence-electron chi connectivity index (χ2n) is 4.55. The van der Waals surface area contributed by atoms with Crippen molar-refractivity contribution in [3.63, 3.8) is 0 Å². The average molecular weight is 332 g/mol. The number of nitriles is 1. The molecular weight excluding hydrogens is 318 g/mol. The van der Waals surface area contributed by atoms with Gasteiger partial charge in [-0.2, -0.15) is 5.26 Å². The summed E-state index contributed by atoms with van der Waals surface area (Å²) in [6, 6.07) is 9.88. The molecule has 0 saturated heterocycles. The molecule has 0 radical (unpaired) electrons. The topological polar surface area (TPSA) is 58.7 Å². The van der Waals surface area contributed by atoms with Crippen LogP contribution in [0.15, 0.2) is 41.1 Å². The predicted molar refractivity (Wildman–Crippen MR) is 79.0 cm³/mol. The summed E-state index contributed by atoms with van der Waals surface area (Å²) in [4.78, 5) is 16.3. The van der Waals surface area contributed by atoms with Crippen LogP contribution < -0.4 is 0 Å². The zero-order chi connectivity index (χ0) is 14.5. The average Bonchev–Trinajstić information content (AvgIpc) is 2.85. The van der Waals surface area contributed by atoms with Crippen molar-refractivity contribution in [3.8, 4) is 6.07 Å². The van der Waals surface area contributed by atoms with Crippen molar-refractivity contribution >= 4 is 21.7 Å². The number of halogens is 1. The molecule has 1 atom stereocenters. The van der Waals surface area contributed by atoms with Crippen molar-refractivity contribution in [3.05, 3.63) is 52.5 Å². The van der Waals surface area contributed by atoms with Crippen LogP contribution in [0.2, 0.25) is 0 Å². The zero-order valence-electron chi connectivity index (χ0n) is 11.1. The number of Topliss-reactive ketones (excluding diaryl/α,β-unsaturated/α-hetero) is 1. The molecule has 0 N–H and O–H groups in total. The monoisotopic (exact) mass is 331 g/mol. The minimum absolute atomic E-state index is 0.0929. The third kappa shape index (κ3) is 3.34. The molecule has 2 rings (SSSR count). The Morgan fingerprint density at radius 1 is 1.45 bits per heavy atom. The van der Waals surface area contributed by atoms with Crippen LogP contribution in [-0.2, 0) is 18.3 Å². The molecule has 0 spiro atoms. The summed E-state index contributed by atoms with van der Waals surface area (Å²) >= 11 is 3.37. The maximum absolute atomic E-state index is 12.2. The summed E-state index contributed by atoms with van der Waals surface area (Å²) in [6.45, 7) is 0. The fourth-order valence-corrected chi connectivity index (χ4v) is 2.26. The van der Waals surface area contributed by atoms with Crippen LogP contribution in [0.4, 0.5) is 0 Å². The molecule has 1 aromatic carbocycles. The molecule has 1 unspecified atom stereocenters. The quantitative estimate of drug-likeness (QED) is 0.846. The maximum Gasteiger partial charge on any atom is 0.162 e. The number of rotatable bonds is 5. The van der Waals surface area contributed by atoms with Gasteiger partial charge in [0.05, 0.1) is 6.07 Å². The van der Waals surface area contributed by atoms with Gasteiger partial charge in [-0.3, -0.25) is 4.79 Å². The highest BCUT2D eigenvalue weighted by molar-refractivity contribution is 9.10. The Morgan fingerprint density at radius 2 is 2.15 bits per heavy atom. The van der Waals surface area contributed by atoms with Crippen LogP contribution in [0.3, 0.4) is 0 Å². The fourth-order valence-electron chi connectivity index (χ4n) is 1.99. The van der Waals surface area contributed by atoms with Gasteiger partial charge in [0, 0.05) is 30.3 Å². The Hall–Kier alpha value is -1.93. The van der Waals surface area contributed by atoms with Gasteiger partial charge < -0.3 is 4.57 Å². The van der Waals surface area contributed by atoms with Gasteiger partial charge in [0.25, 0.3) is 0 Å². The van der Waals surface area contributed by atoms with E-state index in [2.05, 4.69) is 27.0 Å². The molecule has 4 nitrogen and oxygen atoms in total. The summed E-state index contributed by atoms with van der Waals surface area (Å²) in [7, 11) is 1.79. The van der Waals surface area contributed by atoms with Crippen LogP contribution in [0.1, 0.15) is 23.7 Å². The molecule has 2 aromatic rings. The van der Waals surface area contributed by atoms with Gasteiger partial charge in [-0.05, 0) is 24.1 Å². The third-order valence-corrected chi connectivity index (χ3v) is 3.67. The van der Waals surface area contributed by atoms with Crippen molar-refractivity contribution < 1.29 is 4.79 Å². The van der Waals surface area contributed by atoms with E-state index in [-0.39, 0.29) is 5.78 Å². The largest absolute Gasteiger partial charge is 0.337 e. The van der Waals surface area contributed by atoms with Crippen molar-refractivity contribution in [2.24, 2.45) is 7.05 Å². The first-order valence-electron chi connectivity index (χ1n) is 6.26. The Labute approximate surface area is 126 Å². The van der Waals surface area contributed by atoms with Gasteiger partial charge in [-0.15, -0.1) is 0 Å². The number of carbonyl (C=O) groups excluding carboxylic acids is 1. The Morgan fingerprint density at radius 3 is 2.70 bits per heavy atom. The number of ketones is 1. The highest BCUT2D eigenvalue weighted by Crippen LogP contribution is 2.17. The summed E-state index contributed by atoms with van der Waals surface area (Å²) in [5.74, 6) is -0.372. The molecule has 0 aliphatic heterocycles. The molecule has 0 aliphatic rings. The normalized spacial score (nSPS) is 11.8. The van der Waals surface area contributed by atoms with Crippen molar-refractivity contribution in [1.82, 2.24) is 9.55 Å². The van der Waals surface area contributed by atoms with E-state index in [4.69, 9.17) is 0 Å². The highest BCUT2D eigenvalue weighted by atomic mass is 79.9. The molecule has 0 saturated carbocycles. The Bertz CT molecular complexity index is 640. The van der Waals surface area contributed by atoms with Crippen LogP contribution in [0, 0.1) is 11.3 Å². The minimum Gasteiger partial charge on any atom is -0.337 e. The summed E-state index contributed by atoms with van der Waals surface area (Å²) in [5, 5.41) is 9.20. The van der Waals surface area contributed by atoms with E-state index in [1.54, 1.807) is 24.0 Å². The minimum atomic E-state index is -0.787. The lowest BCUT2D eigenvalue weighted by Gasteiger charge is -2.08. The predicted octanol–water partition coefficient (Wildman–Crippen LogP) is 2.99. The molecular formula is C15H14BrN3O. The molecule has 0 fully saturated rings. The molecule has 20 heavy (non-hydrogen) atoms. The van der Waals surface area contributed by atoms with Gasteiger partial charge in [0.15, 0.2) is 11.7 Å². The number of aromatic nitrogens is 2. The van der Waals surface area contributed by atoms with E-state index < -0.39 is 5.92 Å². The summed E-state index contributed by atoms with van der Waals surface area (Å²) in [5.41, 5.74) is 1.08. The molecule has 0 amide bonds. The summed E-state index contributed by atoms with van der Waals surface area (Å²) in [6.07, 6.45) is 4.31. The molecule has 0 aliphatic carbocycles. The first-order chi connectivity index (χ1) is 9.61. The number of imidazole rings is 1. The maximum atomic E-state index is 12.2. The first-order valence-corrected chi connectivity index (χ1v) is 7.05. The SMILES string of the molecule is Cn1ccnc1C(C#N)C(=O)CCc1ccc(Br)cc1.